The van der Waals surface area contributed by atoms with Crippen LogP contribution in [0.3, 0.4) is 0 Å². The fourth-order valence-electron chi connectivity index (χ4n) is 0.785. The van der Waals surface area contributed by atoms with E-state index in [0.29, 0.717) is 5.56 Å². The average molecular weight is 241 g/mol. The molecule has 1 aromatic rings. The molecule has 15 heavy (non-hydrogen) atoms. The maximum absolute atomic E-state index is 10.4. The van der Waals surface area contributed by atoms with Crippen molar-refractivity contribution < 1.29 is 13.0 Å². The molecule has 0 amide bonds. The molecule has 4 nitrogen and oxygen atoms in total. The van der Waals surface area contributed by atoms with Crippen molar-refractivity contribution >= 4 is 39.7 Å². The van der Waals surface area contributed by atoms with Gasteiger partial charge in [-0.1, -0.05) is 30.3 Å². The molecule has 0 aliphatic heterocycles. The van der Waals surface area contributed by atoms with Crippen LogP contribution in [0.15, 0.2) is 30.3 Å². The van der Waals surface area contributed by atoms with Gasteiger partial charge in [0.25, 0.3) is 10.1 Å². The molecule has 0 saturated carbocycles. The van der Waals surface area contributed by atoms with Crippen molar-refractivity contribution in [1.29, 1.82) is 0 Å². The Bertz CT molecular complexity index is 340. The molecule has 0 fully saturated rings. The molecule has 82 valence electrons. The molecular weight excluding hydrogens is 225 g/mol. The maximum atomic E-state index is 10.4. The normalized spacial score (nSPS) is 9.53. The zero-order chi connectivity index (χ0) is 11.0. The van der Waals surface area contributed by atoms with Gasteiger partial charge in [0.15, 0.2) is 0 Å². The number of hydrogen-bond acceptors (Lipinski definition) is 3. The van der Waals surface area contributed by atoms with Crippen LogP contribution in [0, 0.1) is 0 Å². The summed E-state index contributed by atoms with van der Waals surface area (Å²) in [5, 5.41) is 2.75. The molecule has 0 aliphatic rings. The van der Waals surface area contributed by atoms with Crippen molar-refractivity contribution in [1.82, 2.24) is 5.32 Å². The van der Waals surface area contributed by atoms with Gasteiger partial charge in [-0.15, -0.1) is 0 Å². The van der Waals surface area contributed by atoms with Crippen LogP contribution < -0.4 is 5.32 Å². The number of hydrogen-bond donors (Lipinski definition) is 2. The Morgan fingerprint density at radius 2 is 1.60 bits per heavy atom. The van der Waals surface area contributed by atoms with E-state index >= 15 is 0 Å². The zero-order valence-corrected chi connectivity index (χ0v) is 9.08. The van der Waals surface area contributed by atoms with Crippen LogP contribution in [-0.2, 0) is 15.9 Å². The van der Waals surface area contributed by atoms with E-state index in [4.69, 9.17) is 4.55 Å². The molecule has 0 unspecified atom stereocenters. The van der Waals surface area contributed by atoms with Gasteiger partial charge in [0.2, 0.25) is 0 Å². The first-order valence-electron chi connectivity index (χ1n) is 4.07. The average Bonchev–Trinajstić information content (AvgIpc) is 2.04. The van der Waals surface area contributed by atoms with Crippen LogP contribution in [0.4, 0.5) is 0 Å². The van der Waals surface area contributed by atoms with Crippen LogP contribution in [-0.4, -0.2) is 56.6 Å². The van der Waals surface area contributed by atoms with Gasteiger partial charge in [0, 0.05) is 0 Å². The second-order valence-corrected chi connectivity index (χ2v) is 4.16. The first-order chi connectivity index (χ1) is 6.49. The summed E-state index contributed by atoms with van der Waals surface area (Å²) in [4.78, 5) is 0. The van der Waals surface area contributed by atoms with Crippen LogP contribution in [0.1, 0.15) is 5.56 Å². The summed E-state index contributed by atoms with van der Waals surface area (Å²) in [5.74, 6) is -0.312. The minimum absolute atomic E-state index is 0. The third-order valence-electron chi connectivity index (χ3n) is 1.19. The number of nitrogens with one attached hydrogen (secondary N) is 1. The van der Waals surface area contributed by atoms with Crippen LogP contribution >= 0.6 is 0 Å². The van der Waals surface area contributed by atoms with Crippen molar-refractivity contribution in [2.45, 2.75) is 5.75 Å². The van der Waals surface area contributed by atoms with E-state index in [1.165, 1.54) is 0 Å². The molecular formula is C9H16NNaO3S. The Morgan fingerprint density at radius 1 is 1.20 bits per heavy atom. The van der Waals surface area contributed by atoms with Gasteiger partial charge < -0.3 is 5.32 Å². The SMILES string of the molecule is CNC.O=S(=O)(O)Cc1ccccc1.[NaH]. The van der Waals surface area contributed by atoms with Crippen LogP contribution in [0.25, 0.3) is 0 Å². The Kier molecular flexibility index (Phi) is 10.9. The monoisotopic (exact) mass is 241 g/mol. The molecule has 0 aliphatic carbocycles. The summed E-state index contributed by atoms with van der Waals surface area (Å²) < 4.78 is 29.2. The minimum atomic E-state index is -3.88. The topological polar surface area (TPSA) is 66.4 Å². The zero-order valence-electron chi connectivity index (χ0n) is 8.27. The fourth-order valence-corrected chi connectivity index (χ4v) is 1.40. The first kappa shape index (κ1) is 17.5. The third kappa shape index (κ3) is 12.0. The van der Waals surface area contributed by atoms with Crippen molar-refractivity contribution in [3.63, 3.8) is 0 Å². The van der Waals surface area contributed by atoms with Crippen LogP contribution in [0.5, 0.6) is 0 Å². The molecule has 1 aromatic carbocycles. The second-order valence-electron chi connectivity index (χ2n) is 2.71. The van der Waals surface area contributed by atoms with Gasteiger partial charge >= 0.3 is 29.6 Å². The van der Waals surface area contributed by atoms with Crippen molar-refractivity contribution in [2.24, 2.45) is 0 Å². The standard InChI is InChI=1S/C7H8O3S.C2H7N.Na.H/c8-11(9,10)6-7-4-2-1-3-5-7;1-3-2;;/h1-5H,6H2,(H,8,9,10);3H,1-2H3;;. The Hall–Kier alpha value is 0.0900. The predicted molar refractivity (Wildman–Crippen MR) is 63.8 cm³/mol. The quantitative estimate of drug-likeness (QED) is 0.576. The summed E-state index contributed by atoms with van der Waals surface area (Å²) in [6.07, 6.45) is 0. The van der Waals surface area contributed by atoms with Gasteiger partial charge in [-0.2, -0.15) is 8.42 Å². The second kappa shape index (κ2) is 9.33. The molecule has 0 radical (unpaired) electrons. The Morgan fingerprint density at radius 3 is 1.93 bits per heavy atom. The van der Waals surface area contributed by atoms with Crippen molar-refractivity contribution in [3.05, 3.63) is 35.9 Å². The van der Waals surface area contributed by atoms with Crippen molar-refractivity contribution in [2.75, 3.05) is 14.1 Å². The summed E-state index contributed by atoms with van der Waals surface area (Å²) in [7, 11) is -0.127. The van der Waals surface area contributed by atoms with E-state index in [1.807, 2.05) is 14.1 Å². The van der Waals surface area contributed by atoms with E-state index < -0.39 is 10.1 Å². The molecule has 0 saturated heterocycles. The van der Waals surface area contributed by atoms with Gasteiger partial charge in [-0.25, -0.2) is 0 Å². The van der Waals surface area contributed by atoms with E-state index in [0.717, 1.165) is 0 Å². The molecule has 2 N–H and O–H groups in total. The Labute approximate surface area is 113 Å². The van der Waals surface area contributed by atoms with Gasteiger partial charge in [0.1, 0.15) is 5.75 Å². The summed E-state index contributed by atoms with van der Waals surface area (Å²) >= 11 is 0. The molecule has 0 bridgehead atoms. The molecule has 0 spiro atoms. The summed E-state index contributed by atoms with van der Waals surface area (Å²) in [6.45, 7) is 0. The van der Waals surface area contributed by atoms with Crippen LogP contribution in [0.2, 0.25) is 0 Å². The Balaban J connectivity index is 0. The third-order valence-corrected chi connectivity index (χ3v) is 1.89. The van der Waals surface area contributed by atoms with E-state index in [-0.39, 0.29) is 35.3 Å². The molecule has 0 atom stereocenters. The van der Waals surface area contributed by atoms with Crippen molar-refractivity contribution in [3.8, 4) is 0 Å². The fraction of sp³-hybridized carbons (Fsp3) is 0.333. The molecule has 1 rings (SSSR count). The van der Waals surface area contributed by atoms with Gasteiger partial charge in [0.05, 0.1) is 0 Å². The number of rotatable bonds is 2. The molecule has 0 heterocycles. The molecule has 0 aromatic heterocycles. The van der Waals surface area contributed by atoms with E-state index in [9.17, 15) is 8.42 Å². The predicted octanol–water partition coefficient (Wildman–Crippen LogP) is 0.261. The van der Waals surface area contributed by atoms with E-state index in [1.54, 1.807) is 30.3 Å². The summed E-state index contributed by atoms with van der Waals surface area (Å²) in [5.41, 5.74) is 0.593. The first-order valence-corrected chi connectivity index (χ1v) is 5.68. The number of benzene rings is 1. The van der Waals surface area contributed by atoms with E-state index in [2.05, 4.69) is 5.32 Å². The van der Waals surface area contributed by atoms with Gasteiger partial charge in [-0.3, -0.25) is 4.55 Å². The summed E-state index contributed by atoms with van der Waals surface area (Å²) in [6, 6.07) is 8.52. The van der Waals surface area contributed by atoms with Gasteiger partial charge in [-0.05, 0) is 19.7 Å². The molecule has 6 heteroatoms.